The summed E-state index contributed by atoms with van der Waals surface area (Å²) >= 11 is 1.79. The maximum absolute atomic E-state index is 12.4. The average Bonchev–Trinajstić information content (AvgIpc) is 3.08. The lowest BCUT2D eigenvalue weighted by atomic mass is 10.2. The Morgan fingerprint density at radius 1 is 1.24 bits per heavy atom. The summed E-state index contributed by atoms with van der Waals surface area (Å²) in [5.41, 5.74) is 1.00. The maximum Gasteiger partial charge on any atom is 0.240 e. The summed E-state index contributed by atoms with van der Waals surface area (Å²) < 4.78 is 0. The summed E-state index contributed by atoms with van der Waals surface area (Å²) in [5, 5.41) is 3.26. The lowest BCUT2D eigenvalue weighted by Gasteiger charge is -2.36. The van der Waals surface area contributed by atoms with Crippen LogP contribution in [0.25, 0.3) is 0 Å². The molecule has 0 bridgehead atoms. The smallest absolute Gasteiger partial charge is 0.240 e. The number of piperazine rings is 1. The van der Waals surface area contributed by atoms with Gasteiger partial charge in [0.25, 0.3) is 0 Å². The van der Waals surface area contributed by atoms with Crippen LogP contribution in [-0.2, 0) is 4.79 Å². The molecular formula is C16H27Cl2N5OS. The Kier molecular flexibility index (Phi) is 8.74. The highest BCUT2D eigenvalue weighted by atomic mass is 35.5. The van der Waals surface area contributed by atoms with Crippen molar-refractivity contribution in [2.75, 3.05) is 42.7 Å². The van der Waals surface area contributed by atoms with Crippen LogP contribution in [-0.4, -0.2) is 64.6 Å². The van der Waals surface area contributed by atoms with Gasteiger partial charge in [0, 0.05) is 55.5 Å². The molecule has 2 saturated heterocycles. The van der Waals surface area contributed by atoms with E-state index < -0.39 is 0 Å². The summed E-state index contributed by atoms with van der Waals surface area (Å²) in [7, 11) is 0. The first-order chi connectivity index (χ1) is 11.0. The molecule has 9 heteroatoms. The molecule has 0 aliphatic carbocycles. The molecule has 2 aliphatic heterocycles. The predicted octanol–water partition coefficient (Wildman–Crippen LogP) is 2.06. The Morgan fingerprint density at radius 2 is 1.92 bits per heavy atom. The zero-order chi connectivity index (χ0) is 16.4. The van der Waals surface area contributed by atoms with Crippen molar-refractivity contribution in [1.29, 1.82) is 0 Å². The van der Waals surface area contributed by atoms with Crippen LogP contribution >= 0.6 is 36.6 Å². The van der Waals surface area contributed by atoms with E-state index in [4.69, 9.17) is 4.98 Å². The molecule has 142 valence electrons. The number of carbonyl (C=O) groups is 1. The van der Waals surface area contributed by atoms with Gasteiger partial charge in [-0.15, -0.1) is 36.6 Å². The van der Waals surface area contributed by atoms with E-state index in [9.17, 15) is 4.79 Å². The van der Waals surface area contributed by atoms with Crippen molar-refractivity contribution in [3.63, 3.8) is 0 Å². The van der Waals surface area contributed by atoms with Crippen LogP contribution in [0.15, 0.2) is 6.07 Å². The molecule has 1 atom stereocenters. The third kappa shape index (κ3) is 5.36. The van der Waals surface area contributed by atoms with Gasteiger partial charge in [-0.05, 0) is 6.92 Å². The SMILES string of the molecule is Cc1cc(N2CCN(C(=O)C3CSCN3)CC2)nc(C(C)C)n1.Cl.Cl. The van der Waals surface area contributed by atoms with E-state index in [2.05, 4.69) is 29.0 Å². The molecule has 0 spiro atoms. The number of nitrogens with one attached hydrogen (secondary N) is 1. The third-order valence-electron chi connectivity index (χ3n) is 4.30. The van der Waals surface area contributed by atoms with E-state index in [1.807, 2.05) is 17.9 Å². The number of anilines is 1. The molecule has 3 rings (SSSR count). The zero-order valence-electron chi connectivity index (χ0n) is 14.9. The van der Waals surface area contributed by atoms with Gasteiger partial charge in [-0.2, -0.15) is 0 Å². The van der Waals surface area contributed by atoms with Crippen LogP contribution in [0.1, 0.15) is 31.3 Å². The number of amides is 1. The Balaban J connectivity index is 0.00000156. The average molecular weight is 408 g/mol. The van der Waals surface area contributed by atoms with Gasteiger partial charge in [0.1, 0.15) is 11.6 Å². The van der Waals surface area contributed by atoms with E-state index in [-0.39, 0.29) is 36.8 Å². The van der Waals surface area contributed by atoms with E-state index in [0.717, 1.165) is 55.1 Å². The highest BCUT2D eigenvalue weighted by molar-refractivity contribution is 7.99. The fourth-order valence-corrected chi connectivity index (χ4v) is 3.86. The van der Waals surface area contributed by atoms with Gasteiger partial charge in [-0.25, -0.2) is 9.97 Å². The van der Waals surface area contributed by atoms with Crippen molar-refractivity contribution < 1.29 is 4.79 Å². The van der Waals surface area contributed by atoms with Crippen molar-refractivity contribution in [2.45, 2.75) is 32.7 Å². The normalized spacial score (nSPS) is 20.2. The molecule has 1 N–H and O–H groups in total. The van der Waals surface area contributed by atoms with Gasteiger partial charge in [0.2, 0.25) is 5.91 Å². The minimum Gasteiger partial charge on any atom is -0.353 e. The van der Waals surface area contributed by atoms with Gasteiger partial charge < -0.3 is 9.80 Å². The van der Waals surface area contributed by atoms with Crippen molar-refractivity contribution >= 4 is 48.3 Å². The maximum atomic E-state index is 12.4. The molecule has 6 nitrogen and oxygen atoms in total. The molecule has 2 fully saturated rings. The number of nitrogens with zero attached hydrogens (tertiary/aromatic N) is 4. The lowest BCUT2D eigenvalue weighted by molar-refractivity contribution is -0.132. The first kappa shape index (κ1) is 22.3. The number of hydrogen-bond donors (Lipinski definition) is 1. The van der Waals surface area contributed by atoms with Gasteiger partial charge in [0.05, 0.1) is 6.04 Å². The molecule has 1 aromatic heterocycles. The van der Waals surface area contributed by atoms with Crippen LogP contribution in [0.4, 0.5) is 5.82 Å². The van der Waals surface area contributed by atoms with Gasteiger partial charge in [-0.1, -0.05) is 13.8 Å². The molecule has 1 aromatic rings. The number of carbonyl (C=O) groups excluding carboxylic acids is 1. The summed E-state index contributed by atoms with van der Waals surface area (Å²) in [6.45, 7) is 9.44. The first-order valence-electron chi connectivity index (χ1n) is 8.25. The number of aromatic nitrogens is 2. The van der Waals surface area contributed by atoms with Crippen LogP contribution in [0.5, 0.6) is 0 Å². The number of aryl methyl sites for hydroxylation is 1. The second kappa shape index (κ2) is 9.80. The van der Waals surface area contributed by atoms with Gasteiger partial charge >= 0.3 is 0 Å². The van der Waals surface area contributed by atoms with Crippen molar-refractivity contribution in [3.05, 3.63) is 17.6 Å². The number of thioether (sulfide) groups is 1. The summed E-state index contributed by atoms with van der Waals surface area (Å²) in [4.78, 5) is 25.9. The molecule has 0 aromatic carbocycles. The topological polar surface area (TPSA) is 61.4 Å². The van der Waals surface area contributed by atoms with Gasteiger partial charge in [0.15, 0.2) is 0 Å². The Morgan fingerprint density at radius 3 is 2.48 bits per heavy atom. The minimum atomic E-state index is 0. The fraction of sp³-hybridized carbons (Fsp3) is 0.688. The van der Waals surface area contributed by atoms with Crippen LogP contribution < -0.4 is 10.2 Å². The molecule has 3 heterocycles. The molecule has 1 unspecified atom stereocenters. The molecular weight excluding hydrogens is 381 g/mol. The van der Waals surface area contributed by atoms with E-state index in [1.54, 1.807) is 11.8 Å². The van der Waals surface area contributed by atoms with Crippen molar-refractivity contribution in [2.24, 2.45) is 0 Å². The second-order valence-corrected chi connectivity index (χ2v) is 7.49. The highest BCUT2D eigenvalue weighted by Gasteiger charge is 2.29. The number of halogens is 2. The molecule has 0 saturated carbocycles. The van der Waals surface area contributed by atoms with Gasteiger partial charge in [-0.3, -0.25) is 10.1 Å². The quantitative estimate of drug-likeness (QED) is 0.826. The van der Waals surface area contributed by atoms with E-state index >= 15 is 0 Å². The van der Waals surface area contributed by atoms with Crippen molar-refractivity contribution in [1.82, 2.24) is 20.2 Å². The third-order valence-corrected chi connectivity index (χ3v) is 5.24. The summed E-state index contributed by atoms with van der Waals surface area (Å²) in [5.74, 6) is 4.23. The van der Waals surface area contributed by atoms with Crippen LogP contribution in [0.2, 0.25) is 0 Å². The second-order valence-electron chi connectivity index (χ2n) is 6.46. The molecule has 0 radical (unpaired) electrons. The monoisotopic (exact) mass is 407 g/mol. The largest absolute Gasteiger partial charge is 0.353 e. The molecule has 25 heavy (non-hydrogen) atoms. The lowest BCUT2D eigenvalue weighted by Crippen LogP contribution is -2.53. The van der Waals surface area contributed by atoms with Crippen molar-refractivity contribution in [3.8, 4) is 0 Å². The standard InChI is InChI=1S/C16H25N5OS.2ClH/c1-11(2)15-18-12(3)8-14(19-15)20-4-6-21(7-5-20)16(22)13-9-23-10-17-13;;/h8,11,13,17H,4-7,9-10H2,1-3H3;2*1H. The Hall–Kier alpha value is -0.760. The van der Waals surface area contributed by atoms with E-state index in [1.165, 1.54) is 0 Å². The van der Waals surface area contributed by atoms with Crippen LogP contribution in [0, 0.1) is 6.92 Å². The van der Waals surface area contributed by atoms with E-state index in [0.29, 0.717) is 5.92 Å². The minimum absolute atomic E-state index is 0. The number of rotatable bonds is 3. The Bertz CT molecular complexity index is 576. The Labute approximate surface area is 166 Å². The summed E-state index contributed by atoms with van der Waals surface area (Å²) in [6, 6.07) is 2.04. The predicted molar refractivity (Wildman–Crippen MR) is 108 cm³/mol. The molecule has 1 amide bonds. The summed E-state index contributed by atoms with van der Waals surface area (Å²) in [6.07, 6.45) is 0. The highest BCUT2D eigenvalue weighted by Crippen LogP contribution is 2.19. The number of hydrogen-bond acceptors (Lipinski definition) is 6. The molecule has 2 aliphatic rings. The van der Waals surface area contributed by atoms with Crippen LogP contribution in [0.3, 0.4) is 0 Å². The first-order valence-corrected chi connectivity index (χ1v) is 9.40. The zero-order valence-corrected chi connectivity index (χ0v) is 17.3. The fourth-order valence-electron chi connectivity index (χ4n) is 2.92.